The Kier molecular flexibility index (Phi) is 6.91. The Balaban J connectivity index is 1.92. The van der Waals surface area contributed by atoms with Crippen LogP contribution in [0.2, 0.25) is 0 Å². The van der Waals surface area contributed by atoms with Gasteiger partial charge < -0.3 is 14.6 Å². The van der Waals surface area contributed by atoms with Crippen LogP contribution in [0.25, 0.3) is 0 Å². The first-order valence-electron chi connectivity index (χ1n) is 9.18. The summed E-state index contributed by atoms with van der Waals surface area (Å²) in [5.41, 5.74) is 0.800. The van der Waals surface area contributed by atoms with E-state index in [0.717, 1.165) is 48.8 Å². The molecule has 1 heterocycles. The summed E-state index contributed by atoms with van der Waals surface area (Å²) in [5, 5.41) is 22.6. The third-order valence-corrected chi connectivity index (χ3v) is 5.53. The van der Waals surface area contributed by atoms with Gasteiger partial charge in [0.15, 0.2) is 5.82 Å². The molecule has 1 saturated carbocycles. The van der Waals surface area contributed by atoms with Gasteiger partial charge in [-0.1, -0.05) is 31.0 Å². The zero-order valence-electron chi connectivity index (χ0n) is 16.0. The number of hydrogen-bond donors (Lipinski definition) is 1. The van der Waals surface area contributed by atoms with E-state index < -0.39 is 5.97 Å². The van der Waals surface area contributed by atoms with E-state index in [-0.39, 0.29) is 11.7 Å². The number of aromatic nitrogens is 3. The number of carboxylic acid groups (broad SMARTS) is 1. The van der Waals surface area contributed by atoms with Gasteiger partial charge in [0.1, 0.15) is 11.5 Å². The van der Waals surface area contributed by atoms with Crippen LogP contribution in [0.5, 0.6) is 11.5 Å². The molecule has 0 atom stereocenters. The van der Waals surface area contributed by atoms with Crippen molar-refractivity contribution in [3.63, 3.8) is 0 Å². The molecule has 1 aliphatic carbocycles. The maximum atomic E-state index is 11.0. The van der Waals surface area contributed by atoms with Crippen molar-refractivity contribution in [3.05, 3.63) is 29.6 Å². The lowest BCUT2D eigenvalue weighted by Gasteiger charge is -2.20. The molecule has 0 radical (unpaired) electrons. The summed E-state index contributed by atoms with van der Waals surface area (Å²) in [7, 11) is 3.19. The topological polar surface area (TPSA) is 98.8 Å². The van der Waals surface area contributed by atoms with Crippen LogP contribution in [0.1, 0.15) is 49.4 Å². The lowest BCUT2D eigenvalue weighted by atomic mass is 9.89. The number of methoxy groups -OCH3 is 2. The lowest BCUT2D eigenvalue weighted by molar-refractivity contribution is -0.133. The molecule has 0 aliphatic heterocycles. The first-order valence-corrected chi connectivity index (χ1v) is 10.2. The highest BCUT2D eigenvalue weighted by Gasteiger charge is 2.23. The number of benzene rings is 1. The first-order chi connectivity index (χ1) is 13.6. The highest BCUT2D eigenvalue weighted by Crippen LogP contribution is 2.33. The van der Waals surface area contributed by atoms with Crippen LogP contribution in [0.15, 0.2) is 28.5 Å². The molecule has 1 aliphatic rings. The van der Waals surface area contributed by atoms with Gasteiger partial charge in [-0.2, -0.15) is 9.78 Å². The molecule has 3 rings (SSSR count). The van der Waals surface area contributed by atoms with E-state index in [9.17, 15) is 4.79 Å². The summed E-state index contributed by atoms with van der Waals surface area (Å²) in [6.45, 7) is 0. The first kappa shape index (κ1) is 20.2. The Morgan fingerprint density at radius 3 is 2.50 bits per heavy atom. The number of nitrogens with zero attached hydrogens (tertiary/aromatic N) is 4. The molecule has 9 heteroatoms. The second-order valence-corrected chi connectivity index (χ2v) is 7.50. The van der Waals surface area contributed by atoms with Crippen LogP contribution in [0, 0.1) is 0 Å². The number of hydrogen-bond acceptors (Lipinski definition) is 7. The van der Waals surface area contributed by atoms with Crippen molar-refractivity contribution in [2.75, 3.05) is 20.0 Å². The summed E-state index contributed by atoms with van der Waals surface area (Å²) in [4.78, 5) is 11.0. The Hall–Kier alpha value is -2.55. The molecule has 8 nitrogen and oxygen atoms in total. The number of aliphatic carboxylic acids is 1. The normalized spacial score (nSPS) is 15.1. The van der Waals surface area contributed by atoms with Gasteiger partial charge in [0.05, 0.1) is 26.2 Å². The number of thioether (sulfide) groups is 1. The second-order valence-electron chi connectivity index (χ2n) is 6.56. The van der Waals surface area contributed by atoms with E-state index in [2.05, 4.69) is 15.3 Å². The molecule has 0 bridgehead atoms. The molecule has 1 aromatic heterocycles. The SMILES string of the molecule is COc1cc(/C=N\n2c(SCC(=O)O)nnc2C2CCCCC2)cc(OC)c1. The minimum Gasteiger partial charge on any atom is -0.497 e. The smallest absolute Gasteiger partial charge is 0.313 e. The van der Waals surface area contributed by atoms with E-state index in [4.69, 9.17) is 14.6 Å². The van der Waals surface area contributed by atoms with Gasteiger partial charge >= 0.3 is 5.97 Å². The van der Waals surface area contributed by atoms with Crippen LogP contribution < -0.4 is 9.47 Å². The molecule has 0 saturated heterocycles. The highest BCUT2D eigenvalue weighted by atomic mass is 32.2. The molecule has 1 fully saturated rings. The Morgan fingerprint density at radius 2 is 1.89 bits per heavy atom. The summed E-state index contributed by atoms with van der Waals surface area (Å²) in [6, 6.07) is 5.49. The minimum atomic E-state index is -0.903. The third-order valence-electron chi connectivity index (χ3n) is 4.63. The predicted molar refractivity (Wildman–Crippen MR) is 107 cm³/mol. The minimum absolute atomic E-state index is 0.0920. The predicted octanol–water partition coefficient (Wildman–Crippen LogP) is 3.40. The van der Waals surface area contributed by atoms with Crippen LogP contribution in [-0.2, 0) is 4.79 Å². The lowest BCUT2D eigenvalue weighted by Crippen LogP contribution is -2.11. The van der Waals surface area contributed by atoms with Crippen molar-refractivity contribution in [2.45, 2.75) is 43.2 Å². The number of rotatable bonds is 8. The maximum absolute atomic E-state index is 11.0. The molecule has 0 spiro atoms. The monoisotopic (exact) mass is 404 g/mol. The van der Waals surface area contributed by atoms with Crippen molar-refractivity contribution in [2.24, 2.45) is 5.10 Å². The largest absolute Gasteiger partial charge is 0.497 e. The van der Waals surface area contributed by atoms with E-state index in [0.29, 0.717) is 16.7 Å². The molecule has 1 aromatic carbocycles. The Morgan fingerprint density at radius 1 is 1.21 bits per heavy atom. The second kappa shape index (κ2) is 9.59. The van der Waals surface area contributed by atoms with Gasteiger partial charge in [-0.3, -0.25) is 4.79 Å². The summed E-state index contributed by atoms with van der Waals surface area (Å²) < 4.78 is 12.3. The average molecular weight is 404 g/mol. The van der Waals surface area contributed by atoms with Crippen LogP contribution in [0.3, 0.4) is 0 Å². The molecule has 1 N–H and O–H groups in total. The molecule has 0 amide bonds. The fourth-order valence-corrected chi connectivity index (χ4v) is 3.86. The number of carboxylic acids is 1. The maximum Gasteiger partial charge on any atom is 0.313 e. The standard InChI is InChI=1S/C19H24N4O4S/c1-26-15-8-13(9-16(10-15)27-2)11-20-23-18(14-6-4-3-5-7-14)21-22-19(23)28-12-17(24)25/h8-11,14H,3-7,12H2,1-2H3,(H,24,25)/b20-11-. The summed E-state index contributed by atoms with van der Waals surface area (Å²) >= 11 is 1.12. The molecule has 0 unspecified atom stereocenters. The van der Waals surface area contributed by atoms with E-state index in [1.807, 2.05) is 12.1 Å². The highest BCUT2D eigenvalue weighted by molar-refractivity contribution is 7.99. The van der Waals surface area contributed by atoms with Crippen molar-refractivity contribution >= 4 is 23.9 Å². The van der Waals surface area contributed by atoms with Gasteiger partial charge in [-0.15, -0.1) is 10.2 Å². The van der Waals surface area contributed by atoms with Crippen LogP contribution in [0.4, 0.5) is 0 Å². The van der Waals surface area contributed by atoms with Gasteiger partial charge in [0.2, 0.25) is 5.16 Å². The Bertz CT molecular complexity index is 824. The van der Waals surface area contributed by atoms with Gasteiger partial charge in [0.25, 0.3) is 0 Å². The third kappa shape index (κ3) is 5.03. The molecule has 28 heavy (non-hydrogen) atoms. The zero-order valence-corrected chi connectivity index (χ0v) is 16.8. The van der Waals surface area contributed by atoms with Gasteiger partial charge in [-0.25, -0.2) is 0 Å². The number of carbonyl (C=O) groups is 1. The molecule has 2 aromatic rings. The fraction of sp³-hybridized carbons (Fsp3) is 0.474. The zero-order chi connectivity index (χ0) is 19.9. The summed E-state index contributed by atoms with van der Waals surface area (Å²) in [6.07, 6.45) is 7.33. The summed E-state index contributed by atoms with van der Waals surface area (Å²) in [5.74, 6) is 1.41. The van der Waals surface area contributed by atoms with E-state index >= 15 is 0 Å². The number of ether oxygens (including phenoxy) is 2. The van der Waals surface area contributed by atoms with Crippen LogP contribution >= 0.6 is 11.8 Å². The van der Waals surface area contributed by atoms with Gasteiger partial charge in [0, 0.05) is 17.5 Å². The van der Waals surface area contributed by atoms with E-state index in [1.54, 1.807) is 31.2 Å². The molecular weight excluding hydrogens is 380 g/mol. The van der Waals surface area contributed by atoms with Crippen molar-refractivity contribution < 1.29 is 19.4 Å². The van der Waals surface area contributed by atoms with Crippen molar-refractivity contribution in [1.82, 2.24) is 14.9 Å². The van der Waals surface area contributed by atoms with E-state index in [1.165, 1.54) is 6.42 Å². The fourth-order valence-electron chi connectivity index (χ4n) is 3.25. The Labute approximate surface area is 167 Å². The van der Waals surface area contributed by atoms with Gasteiger partial charge in [-0.05, 0) is 25.0 Å². The quantitative estimate of drug-likeness (QED) is 0.532. The molecular formula is C19H24N4O4S. The van der Waals surface area contributed by atoms with Crippen LogP contribution in [-0.4, -0.2) is 52.1 Å². The van der Waals surface area contributed by atoms with Crippen molar-refractivity contribution in [1.29, 1.82) is 0 Å². The van der Waals surface area contributed by atoms with Crippen molar-refractivity contribution in [3.8, 4) is 11.5 Å². The average Bonchev–Trinajstić information content (AvgIpc) is 3.13. The molecule has 150 valence electrons.